The fraction of sp³-hybridized carbons (Fsp3) is 0.318. The SMILES string of the molecule is Cc1cccc(C)c1N=C1SC(CC(=O)Nc2cccc([N+](=O)[O-])c2)C(=O)N1C1CC1. The smallest absolute Gasteiger partial charge is 0.271 e. The van der Waals surface area contributed by atoms with Crippen LogP contribution in [0.2, 0.25) is 0 Å². The van der Waals surface area contributed by atoms with Crippen LogP contribution in [0.3, 0.4) is 0 Å². The highest BCUT2D eigenvalue weighted by Crippen LogP contribution is 2.40. The molecular weight excluding hydrogens is 416 g/mol. The van der Waals surface area contributed by atoms with Gasteiger partial charge in [-0.2, -0.15) is 0 Å². The highest BCUT2D eigenvalue weighted by atomic mass is 32.2. The number of hydrogen-bond donors (Lipinski definition) is 1. The van der Waals surface area contributed by atoms with Gasteiger partial charge in [-0.1, -0.05) is 36.0 Å². The largest absolute Gasteiger partial charge is 0.326 e. The summed E-state index contributed by atoms with van der Waals surface area (Å²) in [5, 5.41) is 13.7. The number of nitrogens with one attached hydrogen (secondary N) is 1. The number of carbonyl (C=O) groups is 2. The zero-order chi connectivity index (χ0) is 22.1. The fourth-order valence-corrected chi connectivity index (χ4v) is 4.72. The minimum Gasteiger partial charge on any atom is -0.326 e. The van der Waals surface area contributed by atoms with Crippen molar-refractivity contribution >= 4 is 45.8 Å². The number of thioether (sulfide) groups is 1. The Labute approximate surface area is 183 Å². The Balaban J connectivity index is 1.51. The van der Waals surface area contributed by atoms with Crippen molar-refractivity contribution in [3.8, 4) is 0 Å². The van der Waals surface area contributed by atoms with Gasteiger partial charge in [0.05, 0.1) is 10.6 Å². The number of nitro benzene ring substituents is 1. The molecule has 2 amide bonds. The maximum atomic E-state index is 13.0. The monoisotopic (exact) mass is 438 g/mol. The molecule has 1 aliphatic heterocycles. The third-order valence-electron chi connectivity index (χ3n) is 5.24. The molecule has 1 aliphatic carbocycles. The molecule has 31 heavy (non-hydrogen) atoms. The van der Waals surface area contributed by atoms with Gasteiger partial charge in [0.15, 0.2) is 5.17 Å². The van der Waals surface area contributed by atoms with Crippen LogP contribution < -0.4 is 5.32 Å². The first-order valence-electron chi connectivity index (χ1n) is 10.0. The molecule has 1 N–H and O–H groups in total. The molecule has 0 aromatic heterocycles. The Morgan fingerprint density at radius 1 is 1.23 bits per heavy atom. The van der Waals surface area contributed by atoms with Crippen LogP contribution >= 0.6 is 11.8 Å². The zero-order valence-electron chi connectivity index (χ0n) is 17.2. The van der Waals surface area contributed by atoms with Gasteiger partial charge in [0.1, 0.15) is 5.25 Å². The highest BCUT2D eigenvalue weighted by molar-refractivity contribution is 8.15. The number of amidine groups is 1. The second-order valence-electron chi connectivity index (χ2n) is 7.74. The summed E-state index contributed by atoms with van der Waals surface area (Å²) in [5.74, 6) is -0.470. The number of para-hydroxylation sites is 1. The summed E-state index contributed by atoms with van der Waals surface area (Å²) in [6.07, 6.45) is 1.84. The van der Waals surface area contributed by atoms with Gasteiger partial charge in [-0.3, -0.25) is 24.6 Å². The number of rotatable bonds is 6. The van der Waals surface area contributed by atoms with Crippen LogP contribution in [0.25, 0.3) is 0 Å². The van der Waals surface area contributed by atoms with Crippen molar-refractivity contribution < 1.29 is 14.5 Å². The molecule has 1 saturated heterocycles. The average molecular weight is 439 g/mol. The van der Waals surface area contributed by atoms with Crippen LogP contribution in [0.1, 0.15) is 30.4 Å². The molecule has 1 unspecified atom stereocenters. The molecule has 0 radical (unpaired) electrons. The molecular formula is C22H22N4O4S. The number of benzene rings is 2. The lowest BCUT2D eigenvalue weighted by Crippen LogP contribution is -2.35. The van der Waals surface area contributed by atoms with Crippen molar-refractivity contribution in [1.82, 2.24) is 4.90 Å². The molecule has 2 aromatic carbocycles. The molecule has 160 valence electrons. The Morgan fingerprint density at radius 3 is 2.55 bits per heavy atom. The number of hydrogen-bond acceptors (Lipinski definition) is 6. The van der Waals surface area contributed by atoms with E-state index in [0.29, 0.717) is 10.9 Å². The highest BCUT2D eigenvalue weighted by Gasteiger charge is 2.46. The van der Waals surface area contributed by atoms with Crippen LogP contribution in [0.5, 0.6) is 0 Å². The number of amides is 2. The normalized spacial score (nSPS) is 19.7. The lowest BCUT2D eigenvalue weighted by atomic mass is 10.1. The molecule has 1 heterocycles. The van der Waals surface area contributed by atoms with Gasteiger partial charge >= 0.3 is 0 Å². The Bertz CT molecular complexity index is 1080. The predicted molar refractivity (Wildman–Crippen MR) is 121 cm³/mol. The number of aryl methyl sites for hydroxylation is 2. The molecule has 2 aliphatic rings. The molecule has 8 nitrogen and oxygen atoms in total. The lowest BCUT2D eigenvalue weighted by molar-refractivity contribution is -0.384. The molecule has 0 bridgehead atoms. The van der Waals surface area contributed by atoms with Gasteiger partial charge in [0.25, 0.3) is 5.69 Å². The van der Waals surface area contributed by atoms with Crippen molar-refractivity contribution in [1.29, 1.82) is 0 Å². The summed E-state index contributed by atoms with van der Waals surface area (Å²) in [4.78, 5) is 42.5. The first-order chi connectivity index (χ1) is 14.8. The van der Waals surface area contributed by atoms with Crippen LogP contribution in [-0.4, -0.2) is 38.1 Å². The first kappa shape index (κ1) is 21.0. The van der Waals surface area contributed by atoms with E-state index in [1.54, 1.807) is 11.0 Å². The van der Waals surface area contributed by atoms with Crippen LogP contribution in [0.15, 0.2) is 47.5 Å². The van der Waals surface area contributed by atoms with Crippen molar-refractivity contribution in [2.75, 3.05) is 5.32 Å². The van der Waals surface area contributed by atoms with Gasteiger partial charge in [-0.05, 0) is 43.9 Å². The van der Waals surface area contributed by atoms with Crippen LogP contribution in [0.4, 0.5) is 17.1 Å². The standard InChI is InChI=1S/C22H22N4O4S/c1-13-5-3-6-14(2)20(13)24-22-25(16-9-10-16)21(28)18(31-22)12-19(27)23-15-7-4-8-17(11-15)26(29)30/h3-8,11,16,18H,9-10,12H2,1-2H3,(H,23,27). The number of nitrogens with zero attached hydrogens (tertiary/aromatic N) is 3. The van der Waals surface area contributed by atoms with E-state index in [1.165, 1.54) is 30.0 Å². The van der Waals surface area contributed by atoms with Gasteiger partial charge in [0, 0.05) is 30.3 Å². The average Bonchev–Trinajstić information content (AvgIpc) is 3.50. The van der Waals surface area contributed by atoms with E-state index in [4.69, 9.17) is 4.99 Å². The fourth-order valence-electron chi connectivity index (χ4n) is 3.52. The summed E-state index contributed by atoms with van der Waals surface area (Å²) >= 11 is 1.31. The molecule has 0 spiro atoms. The molecule has 2 fully saturated rings. The van der Waals surface area contributed by atoms with E-state index in [1.807, 2.05) is 32.0 Å². The van der Waals surface area contributed by atoms with Gasteiger partial charge in [-0.15, -0.1) is 0 Å². The van der Waals surface area contributed by atoms with Crippen molar-refractivity contribution in [3.05, 3.63) is 63.7 Å². The third kappa shape index (κ3) is 4.61. The van der Waals surface area contributed by atoms with E-state index in [9.17, 15) is 19.7 Å². The molecule has 1 saturated carbocycles. The van der Waals surface area contributed by atoms with E-state index in [-0.39, 0.29) is 30.0 Å². The molecule has 1 atom stereocenters. The quantitative estimate of drug-likeness (QED) is 0.534. The first-order valence-corrected chi connectivity index (χ1v) is 10.9. The van der Waals surface area contributed by atoms with E-state index < -0.39 is 10.2 Å². The van der Waals surface area contributed by atoms with E-state index >= 15 is 0 Å². The van der Waals surface area contributed by atoms with Crippen LogP contribution in [0, 0.1) is 24.0 Å². The van der Waals surface area contributed by atoms with Gasteiger partial charge in [0.2, 0.25) is 11.8 Å². The molecule has 9 heteroatoms. The molecule has 4 rings (SSSR count). The van der Waals surface area contributed by atoms with Crippen molar-refractivity contribution in [2.24, 2.45) is 4.99 Å². The number of anilines is 1. The summed E-state index contributed by atoms with van der Waals surface area (Å²) < 4.78 is 0. The van der Waals surface area contributed by atoms with E-state index in [2.05, 4.69) is 5.32 Å². The second-order valence-corrected chi connectivity index (χ2v) is 8.91. The molecule has 2 aromatic rings. The maximum Gasteiger partial charge on any atom is 0.271 e. The third-order valence-corrected chi connectivity index (χ3v) is 6.39. The lowest BCUT2D eigenvalue weighted by Gasteiger charge is -2.16. The zero-order valence-corrected chi connectivity index (χ0v) is 18.0. The topological polar surface area (TPSA) is 105 Å². The second kappa shape index (κ2) is 8.50. The Kier molecular flexibility index (Phi) is 5.77. The summed E-state index contributed by atoms with van der Waals surface area (Å²) in [5.41, 5.74) is 3.14. The summed E-state index contributed by atoms with van der Waals surface area (Å²) in [6, 6.07) is 11.8. The van der Waals surface area contributed by atoms with Crippen molar-refractivity contribution in [3.63, 3.8) is 0 Å². The minimum atomic E-state index is -0.567. The number of nitro groups is 1. The van der Waals surface area contributed by atoms with Crippen molar-refractivity contribution in [2.45, 2.75) is 44.4 Å². The van der Waals surface area contributed by atoms with Gasteiger partial charge < -0.3 is 5.32 Å². The summed E-state index contributed by atoms with van der Waals surface area (Å²) in [6.45, 7) is 3.97. The summed E-state index contributed by atoms with van der Waals surface area (Å²) in [7, 11) is 0. The van der Waals surface area contributed by atoms with Crippen LogP contribution in [-0.2, 0) is 9.59 Å². The van der Waals surface area contributed by atoms with E-state index in [0.717, 1.165) is 29.7 Å². The Morgan fingerprint density at radius 2 is 1.90 bits per heavy atom. The number of carbonyl (C=O) groups excluding carboxylic acids is 2. The number of non-ortho nitro benzene ring substituents is 1. The van der Waals surface area contributed by atoms with Gasteiger partial charge in [-0.25, -0.2) is 4.99 Å². The Hall–Kier alpha value is -3.20. The predicted octanol–water partition coefficient (Wildman–Crippen LogP) is 4.33. The number of aliphatic imine (C=N–C) groups is 1. The minimum absolute atomic E-state index is 0.0266. The maximum absolute atomic E-state index is 13.0.